The molecule has 0 aliphatic rings. The van der Waals surface area contributed by atoms with Crippen LogP contribution in [0.1, 0.15) is 60.6 Å². The number of ketones is 1. The van der Waals surface area contributed by atoms with Crippen molar-refractivity contribution in [3.63, 3.8) is 0 Å². The molecule has 0 N–H and O–H groups in total. The van der Waals surface area contributed by atoms with Crippen molar-refractivity contribution in [3.8, 4) is 0 Å². The minimum Gasteiger partial charge on any atom is -0.287 e. The van der Waals surface area contributed by atoms with E-state index in [9.17, 15) is 110 Å². The van der Waals surface area contributed by atoms with Gasteiger partial charge in [-0.2, -0.15) is 132 Å². The summed E-state index contributed by atoms with van der Waals surface area (Å²) in [7, 11) is 0. The summed E-state index contributed by atoms with van der Waals surface area (Å²) >= 11 is 6.11. The molecule has 7 aromatic rings. The molecule has 0 unspecified atom stereocenters. The topological polar surface area (TPSA) is 20.9 Å². The molecular formula is C51H27BClF24NO. The number of Topliss-reactive ketones (excluding diaryl/α,β-unsaturated/α-hetero) is 1. The van der Waals surface area contributed by atoms with Crippen LogP contribution in [0.25, 0.3) is 15.9 Å². The van der Waals surface area contributed by atoms with Gasteiger partial charge in [0.1, 0.15) is 11.2 Å². The number of pyridine rings is 1. The highest BCUT2D eigenvalue weighted by atomic mass is 35.5. The summed E-state index contributed by atoms with van der Waals surface area (Å²) in [6.45, 7) is 4.03. The minimum atomic E-state index is -6.13. The first kappa shape index (κ1) is 61.0. The van der Waals surface area contributed by atoms with Gasteiger partial charge >= 0.3 is 49.4 Å². The maximum atomic E-state index is 14.2. The molecule has 0 radical (unpaired) electrons. The summed E-state index contributed by atoms with van der Waals surface area (Å²) < 4.78 is 343. The number of hydrogen-bond acceptors (Lipinski definition) is 1. The molecule has 0 aliphatic carbocycles. The molecule has 420 valence electrons. The number of carbonyl (C=O) groups excluding carboxylic acids is 1. The standard InChI is InChI=1S/C32H12BF24.C19H15ClNO/c34-25(35,36)13-1-14(26(37,38)39)6-21(5-13)33(22-7-15(27(40,41)42)2-16(8-22)28(43,44)45,23-9-17(29(46,47)48)3-18(10-23)30(49,50)51)24-11-19(31(52,53)54)4-20(12-24)32(55,56)57;1-14(20)17-12-11-15-7-5-6-10-18(15)21(17)13-19(22)16-8-3-2-4-9-16/h1-12H;2-12H,1,13H2/q-1;+1. The van der Waals surface area contributed by atoms with E-state index in [1.807, 2.05) is 71.3 Å². The number of hydrogen-bond donors (Lipinski definition) is 0. The highest BCUT2D eigenvalue weighted by Gasteiger charge is 2.47. The first-order valence-electron chi connectivity index (χ1n) is 21.6. The lowest BCUT2D eigenvalue weighted by molar-refractivity contribution is -0.659. The van der Waals surface area contributed by atoms with Gasteiger partial charge in [0, 0.05) is 23.1 Å². The lowest BCUT2D eigenvalue weighted by Crippen LogP contribution is -2.75. The molecule has 1 heterocycles. The van der Waals surface area contributed by atoms with Crippen LogP contribution in [0, 0.1) is 0 Å². The van der Waals surface area contributed by atoms with Crippen LogP contribution in [-0.2, 0) is 56.0 Å². The van der Waals surface area contributed by atoms with Crippen molar-refractivity contribution in [2.45, 2.75) is 56.0 Å². The molecule has 0 aliphatic heterocycles. The highest BCUT2D eigenvalue weighted by Crippen LogP contribution is 2.41. The zero-order valence-electron chi connectivity index (χ0n) is 38.6. The number of carbonyl (C=O) groups is 1. The first-order valence-corrected chi connectivity index (χ1v) is 22.0. The van der Waals surface area contributed by atoms with Crippen molar-refractivity contribution in [3.05, 3.63) is 202 Å². The summed E-state index contributed by atoms with van der Waals surface area (Å²) in [5.41, 5.74) is -27.8. The van der Waals surface area contributed by atoms with Crippen LogP contribution in [0.2, 0.25) is 0 Å². The molecular weight excluding hydrogens is 1140 g/mol. The molecule has 0 bridgehead atoms. The molecule has 28 heteroatoms. The third-order valence-electron chi connectivity index (χ3n) is 12.1. The third-order valence-corrected chi connectivity index (χ3v) is 12.2. The van der Waals surface area contributed by atoms with Crippen molar-refractivity contribution in [2.75, 3.05) is 0 Å². The van der Waals surface area contributed by atoms with E-state index < -0.39 is 195 Å². The van der Waals surface area contributed by atoms with Crippen LogP contribution in [0.4, 0.5) is 105 Å². The Morgan fingerprint density at radius 2 is 0.646 bits per heavy atom. The van der Waals surface area contributed by atoms with Crippen LogP contribution >= 0.6 is 11.6 Å². The van der Waals surface area contributed by atoms with E-state index in [1.54, 1.807) is 0 Å². The maximum absolute atomic E-state index is 14.2. The van der Waals surface area contributed by atoms with Crippen molar-refractivity contribution >= 4 is 61.3 Å². The number of rotatable bonds is 8. The fourth-order valence-electron chi connectivity index (χ4n) is 8.60. The van der Waals surface area contributed by atoms with Crippen LogP contribution in [0.3, 0.4) is 0 Å². The van der Waals surface area contributed by atoms with E-state index in [0.717, 1.165) is 16.6 Å². The Morgan fingerprint density at radius 3 is 0.911 bits per heavy atom. The van der Waals surface area contributed by atoms with Crippen molar-refractivity contribution in [2.24, 2.45) is 0 Å². The van der Waals surface area contributed by atoms with Gasteiger partial charge in [0.2, 0.25) is 23.5 Å². The molecule has 2 nitrogen and oxygen atoms in total. The number of benzene rings is 6. The van der Waals surface area contributed by atoms with Gasteiger partial charge in [-0.15, -0.1) is 0 Å². The maximum Gasteiger partial charge on any atom is 0.416 e. The number of nitrogens with zero attached hydrogens (tertiary/aromatic N) is 1. The fraction of sp³-hybridized carbons (Fsp3) is 0.176. The Balaban J connectivity index is 0.000000378. The van der Waals surface area contributed by atoms with E-state index in [0.29, 0.717) is 10.6 Å². The lowest BCUT2D eigenvalue weighted by atomic mass is 9.12. The molecule has 0 saturated heterocycles. The summed E-state index contributed by atoms with van der Waals surface area (Å²) in [6, 6.07) is 12.3. The van der Waals surface area contributed by atoms with E-state index in [2.05, 4.69) is 6.58 Å². The number of halogens is 25. The summed E-state index contributed by atoms with van der Waals surface area (Å²) in [4.78, 5) is 12.5. The first-order chi connectivity index (χ1) is 35.9. The highest BCUT2D eigenvalue weighted by molar-refractivity contribution is 7.20. The predicted octanol–water partition coefficient (Wildman–Crippen LogP) is 15.4. The molecule has 0 atom stereocenters. The molecule has 7 rings (SSSR count). The van der Waals surface area contributed by atoms with Crippen LogP contribution in [0.15, 0.2) is 146 Å². The number of fused-ring (bicyclic) bond motifs is 1. The lowest BCUT2D eigenvalue weighted by Gasteiger charge is -2.46. The Bertz CT molecular complexity index is 2980. The van der Waals surface area contributed by atoms with Crippen LogP contribution in [-0.4, -0.2) is 11.9 Å². The summed E-state index contributed by atoms with van der Waals surface area (Å²) in [6.07, 6.45) is -54.8. The normalized spacial score (nSPS) is 13.3. The quantitative estimate of drug-likeness (QED) is 0.0643. The van der Waals surface area contributed by atoms with Gasteiger partial charge in [-0.1, -0.05) is 109 Å². The molecule has 6 aromatic carbocycles. The van der Waals surface area contributed by atoms with Crippen molar-refractivity contribution < 1.29 is 115 Å². The van der Waals surface area contributed by atoms with E-state index in [-0.39, 0.29) is 12.3 Å². The largest absolute Gasteiger partial charge is 0.416 e. The Morgan fingerprint density at radius 1 is 0.380 bits per heavy atom. The average Bonchev–Trinajstić information content (AvgIpc) is 3.38. The molecule has 1 aromatic heterocycles. The second kappa shape index (κ2) is 21.1. The molecule has 0 amide bonds. The SMILES string of the molecule is C=C(Cl)c1ccc2ccccc2[n+]1CC(=O)c1ccccc1.FC(F)(F)c1cc([B-](c2cc(C(F)(F)F)cc(C(F)(F)F)c2)(c2cc(C(F)(F)F)cc(C(F)(F)F)c2)c2cc(C(F)(F)F)cc(C(F)(F)F)c2)cc(C(F)(F)F)c1. The molecule has 79 heavy (non-hydrogen) atoms. The Hall–Kier alpha value is -7.19. The van der Waals surface area contributed by atoms with Gasteiger partial charge in [-0.3, -0.25) is 4.79 Å². The van der Waals surface area contributed by atoms with Crippen molar-refractivity contribution in [1.29, 1.82) is 0 Å². The third kappa shape index (κ3) is 13.6. The van der Waals surface area contributed by atoms with E-state index in [4.69, 9.17) is 11.6 Å². The summed E-state index contributed by atoms with van der Waals surface area (Å²) in [5.74, 6) is 0.0427. The Kier molecular flexibility index (Phi) is 16.3. The smallest absolute Gasteiger partial charge is 0.287 e. The Labute approximate surface area is 433 Å². The summed E-state index contributed by atoms with van der Waals surface area (Å²) in [5, 5.41) is 1.48. The number of aromatic nitrogens is 1. The minimum absolute atomic E-state index is 0.0427. The van der Waals surface area contributed by atoms with E-state index >= 15 is 0 Å². The van der Waals surface area contributed by atoms with Crippen molar-refractivity contribution in [1.82, 2.24) is 0 Å². The van der Waals surface area contributed by atoms with E-state index in [1.165, 1.54) is 0 Å². The second-order valence-corrected chi connectivity index (χ2v) is 17.7. The van der Waals surface area contributed by atoms with Gasteiger partial charge in [0.05, 0.1) is 44.5 Å². The van der Waals surface area contributed by atoms with Gasteiger partial charge < -0.3 is 0 Å². The second-order valence-electron chi connectivity index (χ2n) is 17.3. The zero-order chi connectivity index (χ0) is 59.4. The molecule has 0 spiro atoms. The van der Waals surface area contributed by atoms with Gasteiger partial charge in [0.25, 0.3) is 0 Å². The molecule has 0 saturated carbocycles. The van der Waals surface area contributed by atoms with Gasteiger partial charge in [-0.25, -0.2) is 0 Å². The van der Waals surface area contributed by atoms with Gasteiger partial charge in [-0.05, 0) is 36.4 Å². The number of alkyl halides is 24. The van der Waals surface area contributed by atoms with Crippen LogP contribution in [0.5, 0.6) is 0 Å². The predicted molar refractivity (Wildman–Crippen MR) is 240 cm³/mol. The van der Waals surface area contributed by atoms with Crippen LogP contribution < -0.4 is 26.4 Å². The molecule has 0 fully saturated rings. The van der Waals surface area contributed by atoms with Gasteiger partial charge in [0.15, 0.2) is 0 Å². The average molecular weight is 1170 g/mol. The zero-order valence-corrected chi connectivity index (χ0v) is 39.3. The number of para-hydroxylation sites is 1. The monoisotopic (exact) mass is 1170 g/mol. The fourth-order valence-corrected chi connectivity index (χ4v) is 8.76.